The molecule has 0 aliphatic heterocycles. The Kier molecular flexibility index (Phi) is 8.84. The number of aliphatic hydroxyl groups excluding tert-OH is 1. The summed E-state index contributed by atoms with van der Waals surface area (Å²) in [5, 5.41) is 13.6. The molecule has 3 N–H and O–H groups in total. The molecule has 3 rings (SSSR count). The monoisotopic (exact) mass is 423 g/mol. The molecule has 2 aromatic heterocycles. The quantitative estimate of drug-likeness (QED) is 0.365. The van der Waals surface area contributed by atoms with Crippen LogP contribution in [0.3, 0.4) is 0 Å². The lowest BCUT2D eigenvalue weighted by molar-refractivity contribution is 0.0952. The zero-order valence-electron chi connectivity index (χ0n) is 18.3. The highest BCUT2D eigenvalue weighted by Crippen LogP contribution is 2.19. The summed E-state index contributed by atoms with van der Waals surface area (Å²) in [7, 11) is 0. The van der Waals surface area contributed by atoms with Gasteiger partial charge in [0.15, 0.2) is 0 Å². The van der Waals surface area contributed by atoms with Crippen molar-refractivity contribution in [3.63, 3.8) is 0 Å². The van der Waals surface area contributed by atoms with Crippen molar-refractivity contribution in [3.05, 3.63) is 54.0 Å². The number of hydrogen-bond acceptors (Lipinski definition) is 5. The van der Waals surface area contributed by atoms with Crippen LogP contribution in [0.5, 0.6) is 0 Å². The SMILES string of the molecule is CCCCCCCNC(=O)c1cnc(N(CCO)CCc2c[nH]c3ccccc23)nc1. The summed E-state index contributed by atoms with van der Waals surface area (Å²) in [6.45, 7) is 3.98. The predicted molar refractivity (Wildman–Crippen MR) is 124 cm³/mol. The highest BCUT2D eigenvalue weighted by atomic mass is 16.3. The Bertz CT molecular complexity index is 939. The van der Waals surface area contributed by atoms with Crippen molar-refractivity contribution in [2.45, 2.75) is 45.4 Å². The highest BCUT2D eigenvalue weighted by Gasteiger charge is 2.13. The number of aromatic amines is 1. The van der Waals surface area contributed by atoms with Crippen molar-refractivity contribution in [1.82, 2.24) is 20.3 Å². The number of aromatic nitrogens is 3. The van der Waals surface area contributed by atoms with Gasteiger partial charge in [-0.1, -0.05) is 50.8 Å². The molecule has 0 unspecified atom stereocenters. The summed E-state index contributed by atoms with van der Waals surface area (Å²) < 4.78 is 0. The fourth-order valence-electron chi connectivity index (χ4n) is 3.66. The molecule has 7 heteroatoms. The van der Waals surface area contributed by atoms with E-state index in [1.807, 2.05) is 23.2 Å². The maximum atomic E-state index is 12.3. The first-order valence-electron chi connectivity index (χ1n) is 11.2. The largest absolute Gasteiger partial charge is 0.395 e. The van der Waals surface area contributed by atoms with Gasteiger partial charge in [0.05, 0.1) is 12.2 Å². The number of anilines is 1. The Hall–Kier alpha value is -2.93. The number of carbonyl (C=O) groups excluding carboxylic acids is 1. The minimum atomic E-state index is -0.144. The molecule has 0 spiro atoms. The van der Waals surface area contributed by atoms with Crippen LogP contribution >= 0.6 is 0 Å². The fraction of sp³-hybridized carbons (Fsp3) is 0.458. The molecule has 166 valence electrons. The van der Waals surface area contributed by atoms with E-state index in [-0.39, 0.29) is 12.5 Å². The summed E-state index contributed by atoms with van der Waals surface area (Å²) in [6.07, 6.45) is 11.7. The molecule has 1 amide bonds. The molecule has 1 aromatic carbocycles. The van der Waals surface area contributed by atoms with Crippen LogP contribution in [-0.2, 0) is 6.42 Å². The van der Waals surface area contributed by atoms with Crippen LogP contribution in [0.1, 0.15) is 54.9 Å². The van der Waals surface area contributed by atoms with Gasteiger partial charge in [-0.05, 0) is 24.5 Å². The maximum absolute atomic E-state index is 12.3. The van der Waals surface area contributed by atoms with E-state index in [0.29, 0.717) is 31.1 Å². The lowest BCUT2D eigenvalue weighted by Gasteiger charge is -2.21. The number of amides is 1. The molecule has 0 aliphatic carbocycles. The van der Waals surface area contributed by atoms with Gasteiger partial charge in [-0.2, -0.15) is 0 Å². The number of carbonyl (C=O) groups is 1. The molecule has 0 saturated carbocycles. The Morgan fingerprint density at radius 3 is 2.65 bits per heavy atom. The van der Waals surface area contributed by atoms with E-state index in [1.165, 1.54) is 30.2 Å². The van der Waals surface area contributed by atoms with Gasteiger partial charge in [-0.3, -0.25) is 4.79 Å². The van der Waals surface area contributed by atoms with E-state index in [4.69, 9.17) is 0 Å². The van der Waals surface area contributed by atoms with Crippen LogP contribution < -0.4 is 10.2 Å². The molecule has 0 fully saturated rings. The number of aliphatic hydroxyl groups is 1. The van der Waals surface area contributed by atoms with Gasteiger partial charge in [0.25, 0.3) is 5.91 Å². The molecular weight excluding hydrogens is 390 g/mol. The Morgan fingerprint density at radius 2 is 1.87 bits per heavy atom. The molecule has 31 heavy (non-hydrogen) atoms. The third-order valence-electron chi connectivity index (χ3n) is 5.45. The van der Waals surface area contributed by atoms with Crippen molar-refractivity contribution in [1.29, 1.82) is 0 Å². The Morgan fingerprint density at radius 1 is 1.10 bits per heavy atom. The summed E-state index contributed by atoms with van der Waals surface area (Å²) in [5.74, 6) is 0.375. The number of rotatable bonds is 13. The zero-order valence-corrected chi connectivity index (χ0v) is 18.3. The molecular formula is C24H33N5O2. The van der Waals surface area contributed by atoms with Crippen LogP contribution in [0.2, 0.25) is 0 Å². The average molecular weight is 424 g/mol. The van der Waals surface area contributed by atoms with Gasteiger partial charge < -0.3 is 20.3 Å². The topological polar surface area (TPSA) is 94.1 Å². The van der Waals surface area contributed by atoms with Gasteiger partial charge in [-0.15, -0.1) is 0 Å². The van der Waals surface area contributed by atoms with E-state index in [9.17, 15) is 9.90 Å². The van der Waals surface area contributed by atoms with E-state index in [2.05, 4.69) is 39.3 Å². The molecule has 0 radical (unpaired) electrons. The van der Waals surface area contributed by atoms with Crippen molar-refractivity contribution < 1.29 is 9.90 Å². The molecule has 7 nitrogen and oxygen atoms in total. The van der Waals surface area contributed by atoms with Crippen molar-refractivity contribution in [2.24, 2.45) is 0 Å². The van der Waals surface area contributed by atoms with Crippen LogP contribution in [0.4, 0.5) is 5.95 Å². The first-order valence-corrected chi connectivity index (χ1v) is 11.2. The minimum Gasteiger partial charge on any atom is -0.395 e. The van der Waals surface area contributed by atoms with Crippen LogP contribution in [0.25, 0.3) is 10.9 Å². The summed E-state index contributed by atoms with van der Waals surface area (Å²) in [6, 6.07) is 8.20. The second kappa shape index (κ2) is 12.1. The number of H-pyrrole nitrogens is 1. The molecule has 0 bridgehead atoms. The van der Waals surface area contributed by atoms with Crippen molar-refractivity contribution >= 4 is 22.8 Å². The number of para-hydroxylation sites is 1. The van der Waals surface area contributed by atoms with Gasteiger partial charge >= 0.3 is 0 Å². The van der Waals surface area contributed by atoms with Gasteiger partial charge in [0.1, 0.15) is 0 Å². The first-order chi connectivity index (χ1) is 15.2. The summed E-state index contributed by atoms with van der Waals surface area (Å²) in [4.78, 5) is 26.3. The third-order valence-corrected chi connectivity index (χ3v) is 5.45. The fourth-order valence-corrected chi connectivity index (χ4v) is 3.66. The second-order valence-corrected chi connectivity index (χ2v) is 7.76. The standard InChI is InChI=1S/C24H33N5O2/c1-2-3-4-5-8-12-25-23(31)20-17-27-24(28-18-20)29(14-15-30)13-11-19-16-26-22-10-7-6-9-21(19)22/h6-7,9-10,16-18,26,30H,2-5,8,11-15H2,1H3,(H,25,31). The van der Waals surface area contributed by atoms with Crippen LogP contribution in [0.15, 0.2) is 42.9 Å². The van der Waals surface area contributed by atoms with Gasteiger partial charge in [0, 0.05) is 49.1 Å². The molecule has 3 aromatic rings. The molecule has 0 atom stereocenters. The highest BCUT2D eigenvalue weighted by molar-refractivity contribution is 5.93. The van der Waals surface area contributed by atoms with E-state index in [0.717, 1.165) is 24.8 Å². The Balaban J connectivity index is 1.54. The normalized spacial score (nSPS) is 11.0. The van der Waals surface area contributed by atoms with Crippen molar-refractivity contribution in [2.75, 3.05) is 31.1 Å². The molecule has 2 heterocycles. The first kappa shape index (κ1) is 22.7. The lowest BCUT2D eigenvalue weighted by Crippen LogP contribution is -2.31. The molecule has 0 saturated heterocycles. The number of nitrogens with zero attached hydrogens (tertiary/aromatic N) is 3. The van der Waals surface area contributed by atoms with Gasteiger partial charge in [-0.25, -0.2) is 9.97 Å². The number of benzene rings is 1. The predicted octanol–water partition coefficient (Wildman–Crippen LogP) is 3.70. The average Bonchev–Trinajstić information content (AvgIpc) is 3.22. The number of nitrogens with one attached hydrogen (secondary N) is 2. The Labute approximate surface area is 183 Å². The molecule has 0 aliphatic rings. The second-order valence-electron chi connectivity index (χ2n) is 7.76. The maximum Gasteiger partial charge on any atom is 0.254 e. The summed E-state index contributed by atoms with van der Waals surface area (Å²) in [5.41, 5.74) is 2.79. The van der Waals surface area contributed by atoms with E-state index >= 15 is 0 Å². The summed E-state index contributed by atoms with van der Waals surface area (Å²) >= 11 is 0. The lowest BCUT2D eigenvalue weighted by atomic mass is 10.1. The van der Waals surface area contributed by atoms with Crippen LogP contribution in [-0.4, -0.2) is 52.2 Å². The van der Waals surface area contributed by atoms with Crippen LogP contribution in [0, 0.1) is 0 Å². The zero-order chi connectivity index (χ0) is 21.9. The van der Waals surface area contributed by atoms with E-state index in [1.54, 1.807) is 12.4 Å². The minimum absolute atomic E-state index is 0.0114. The number of unbranched alkanes of at least 4 members (excludes halogenated alkanes) is 4. The smallest absolute Gasteiger partial charge is 0.254 e. The van der Waals surface area contributed by atoms with Gasteiger partial charge in [0.2, 0.25) is 5.95 Å². The van der Waals surface area contributed by atoms with Crippen molar-refractivity contribution in [3.8, 4) is 0 Å². The number of hydrogen-bond donors (Lipinski definition) is 3. The third kappa shape index (κ3) is 6.52. The number of fused-ring (bicyclic) bond motifs is 1. The van der Waals surface area contributed by atoms with E-state index < -0.39 is 0 Å².